The van der Waals surface area contributed by atoms with E-state index in [-0.39, 0.29) is 6.10 Å². The maximum Gasteiger partial charge on any atom is 0.0965 e. The zero-order valence-electron chi connectivity index (χ0n) is 9.54. The van der Waals surface area contributed by atoms with E-state index in [2.05, 4.69) is 17.2 Å². The molecule has 0 aromatic heterocycles. The fourth-order valence-electron chi connectivity index (χ4n) is 1.47. The number of rotatable bonds is 8. The maximum atomic E-state index is 9.60. The maximum absolute atomic E-state index is 9.60. The van der Waals surface area contributed by atoms with Crippen LogP contribution in [0.3, 0.4) is 0 Å². The molecule has 0 saturated heterocycles. The van der Waals surface area contributed by atoms with Gasteiger partial charge in [0, 0.05) is 19.6 Å². The standard InChI is InChI=1S/C11H22N2O2/c1-2-3-8-15-9-10(14)4-5-11-12-6-7-13-11/h10,14H,2-9H2,1H3,(H,12,13). The summed E-state index contributed by atoms with van der Waals surface area (Å²) in [5, 5.41) is 12.8. The predicted octanol–water partition coefficient (Wildman–Crippen LogP) is 0.946. The third-order valence-corrected chi connectivity index (χ3v) is 2.41. The molecule has 0 bridgehead atoms. The van der Waals surface area contributed by atoms with E-state index < -0.39 is 0 Å². The Bertz CT molecular complexity index is 195. The van der Waals surface area contributed by atoms with Crippen LogP contribution in [-0.4, -0.2) is 43.3 Å². The number of aliphatic imine (C=N–C) groups is 1. The highest BCUT2D eigenvalue weighted by molar-refractivity contribution is 5.83. The third-order valence-electron chi connectivity index (χ3n) is 2.41. The number of hydrogen-bond donors (Lipinski definition) is 2. The van der Waals surface area contributed by atoms with Crippen molar-refractivity contribution in [3.05, 3.63) is 0 Å². The number of nitrogens with one attached hydrogen (secondary N) is 1. The summed E-state index contributed by atoms with van der Waals surface area (Å²) in [5.74, 6) is 1.03. The van der Waals surface area contributed by atoms with Crippen molar-refractivity contribution in [2.45, 2.75) is 38.7 Å². The molecule has 0 aromatic carbocycles. The lowest BCUT2D eigenvalue weighted by Gasteiger charge is -2.11. The van der Waals surface area contributed by atoms with Crippen molar-refractivity contribution in [2.24, 2.45) is 4.99 Å². The van der Waals surface area contributed by atoms with Gasteiger partial charge < -0.3 is 15.2 Å². The fraction of sp³-hybridized carbons (Fsp3) is 0.909. The first kappa shape index (κ1) is 12.5. The number of unbranched alkanes of at least 4 members (excludes halogenated alkanes) is 1. The topological polar surface area (TPSA) is 53.9 Å². The van der Waals surface area contributed by atoms with Crippen LogP contribution in [0.15, 0.2) is 4.99 Å². The average Bonchev–Trinajstić information content (AvgIpc) is 2.74. The second kappa shape index (κ2) is 7.65. The van der Waals surface area contributed by atoms with Gasteiger partial charge in [0.2, 0.25) is 0 Å². The largest absolute Gasteiger partial charge is 0.391 e. The number of nitrogens with zero attached hydrogens (tertiary/aromatic N) is 1. The van der Waals surface area contributed by atoms with Gasteiger partial charge >= 0.3 is 0 Å². The van der Waals surface area contributed by atoms with Crippen molar-refractivity contribution in [2.75, 3.05) is 26.3 Å². The van der Waals surface area contributed by atoms with Crippen LogP contribution in [0.4, 0.5) is 0 Å². The molecule has 1 aliphatic rings. The van der Waals surface area contributed by atoms with Gasteiger partial charge in [0.1, 0.15) is 0 Å². The molecule has 1 aliphatic heterocycles. The Balaban J connectivity index is 1.95. The molecule has 4 nitrogen and oxygen atoms in total. The molecule has 2 N–H and O–H groups in total. The number of aliphatic hydroxyl groups is 1. The van der Waals surface area contributed by atoms with E-state index in [9.17, 15) is 5.11 Å². The highest BCUT2D eigenvalue weighted by Gasteiger charge is 2.09. The molecular weight excluding hydrogens is 192 g/mol. The van der Waals surface area contributed by atoms with E-state index in [0.717, 1.165) is 51.2 Å². The van der Waals surface area contributed by atoms with Crippen molar-refractivity contribution in [3.63, 3.8) is 0 Å². The van der Waals surface area contributed by atoms with E-state index >= 15 is 0 Å². The van der Waals surface area contributed by atoms with Crippen molar-refractivity contribution in [1.82, 2.24) is 5.32 Å². The van der Waals surface area contributed by atoms with E-state index in [1.807, 2.05) is 0 Å². The molecule has 1 heterocycles. The first-order valence-corrected chi connectivity index (χ1v) is 5.86. The summed E-state index contributed by atoms with van der Waals surface area (Å²) in [6.07, 6.45) is 3.42. The Kier molecular flexibility index (Phi) is 6.36. The molecule has 1 atom stereocenters. The Morgan fingerprint density at radius 2 is 2.47 bits per heavy atom. The average molecular weight is 214 g/mol. The van der Waals surface area contributed by atoms with E-state index in [1.165, 1.54) is 0 Å². The molecule has 88 valence electrons. The monoisotopic (exact) mass is 214 g/mol. The highest BCUT2D eigenvalue weighted by Crippen LogP contribution is 2.01. The van der Waals surface area contributed by atoms with Gasteiger partial charge in [0.05, 0.1) is 25.1 Å². The molecule has 0 aliphatic carbocycles. The van der Waals surface area contributed by atoms with Crippen LogP contribution in [-0.2, 0) is 4.74 Å². The van der Waals surface area contributed by atoms with Crippen molar-refractivity contribution in [1.29, 1.82) is 0 Å². The van der Waals surface area contributed by atoms with Crippen LogP contribution in [0.25, 0.3) is 0 Å². The Hall–Kier alpha value is -0.610. The molecule has 0 spiro atoms. The van der Waals surface area contributed by atoms with Gasteiger partial charge in [0.25, 0.3) is 0 Å². The summed E-state index contributed by atoms with van der Waals surface area (Å²) in [7, 11) is 0. The SMILES string of the molecule is CCCCOCC(O)CCC1=NCCN1. The summed E-state index contributed by atoms with van der Waals surface area (Å²) in [6, 6.07) is 0. The zero-order valence-corrected chi connectivity index (χ0v) is 9.54. The van der Waals surface area contributed by atoms with Gasteiger partial charge in [-0.3, -0.25) is 4.99 Å². The second-order valence-electron chi connectivity index (χ2n) is 3.88. The molecule has 0 fully saturated rings. The van der Waals surface area contributed by atoms with Gasteiger partial charge in [-0.05, 0) is 12.8 Å². The molecule has 1 rings (SSSR count). The number of aliphatic hydroxyl groups excluding tert-OH is 1. The Labute approximate surface area is 91.7 Å². The number of amidine groups is 1. The molecule has 1 unspecified atom stereocenters. The molecular formula is C11H22N2O2. The minimum Gasteiger partial charge on any atom is -0.391 e. The van der Waals surface area contributed by atoms with Crippen LogP contribution in [0.2, 0.25) is 0 Å². The smallest absolute Gasteiger partial charge is 0.0965 e. The minimum absolute atomic E-state index is 0.355. The summed E-state index contributed by atoms with van der Waals surface area (Å²) in [5.41, 5.74) is 0. The van der Waals surface area contributed by atoms with Crippen LogP contribution in [0.1, 0.15) is 32.6 Å². The quantitative estimate of drug-likeness (QED) is 0.591. The third kappa shape index (κ3) is 5.74. The summed E-state index contributed by atoms with van der Waals surface area (Å²) in [6.45, 7) is 5.15. The Morgan fingerprint density at radius 1 is 1.60 bits per heavy atom. The lowest BCUT2D eigenvalue weighted by atomic mass is 10.2. The van der Waals surface area contributed by atoms with Crippen LogP contribution in [0.5, 0.6) is 0 Å². The van der Waals surface area contributed by atoms with Crippen LogP contribution >= 0.6 is 0 Å². The normalized spacial score (nSPS) is 17.3. The predicted molar refractivity (Wildman–Crippen MR) is 61.3 cm³/mol. The lowest BCUT2D eigenvalue weighted by Crippen LogP contribution is -2.22. The minimum atomic E-state index is -0.355. The molecule has 4 heteroatoms. The van der Waals surface area contributed by atoms with Gasteiger partial charge in [-0.25, -0.2) is 0 Å². The summed E-state index contributed by atoms with van der Waals surface area (Å²) < 4.78 is 5.34. The Morgan fingerprint density at radius 3 is 3.13 bits per heavy atom. The molecule has 15 heavy (non-hydrogen) atoms. The fourth-order valence-corrected chi connectivity index (χ4v) is 1.47. The van der Waals surface area contributed by atoms with Gasteiger partial charge in [0.15, 0.2) is 0 Å². The van der Waals surface area contributed by atoms with Crippen molar-refractivity contribution in [3.8, 4) is 0 Å². The summed E-state index contributed by atoms with van der Waals surface area (Å²) in [4.78, 5) is 4.27. The van der Waals surface area contributed by atoms with Crippen LogP contribution < -0.4 is 5.32 Å². The molecule has 0 radical (unpaired) electrons. The summed E-state index contributed by atoms with van der Waals surface area (Å²) >= 11 is 0. The van der Waals surface area contributed by atoms with Crippen molar-refractivity contribution >= 4 is 5.84 Å². The van der Waals surface area contributed by atoms with Crippen molar-refractivity contribution < 1.29 is 9.84 Å². The first-order valence-electron chi connectivity index (χ1n) is 5.86. The molecule has 0 saturated carbocycles. The molecule has 0 aromatic rings. The van der Waals surface area contributed by atoms with E-state index in [4.69, 9.17) is 4.74 Å². The van der Waals surface area contributed by atoms with E-state index in [1.54, 1.807) is 0 Å². The van der Waals surface area contributed by atoms with Crippen LogP contribution in [0, 0.1) is 0 Å². The second-order valence-corrected chi connectivity index (χ2v) is 3.88. The van der Waals surface area contributed by atoms with Gasteiger partial charge in [-0.2, -0.15) is 0 Å². The molecule has 0 amide bonds. The highest BCUT2D eigenvalue weighted by atomic mass is 16.5. The van der Waals surface area contributed by atoms with E-state index in [0.29, 0.717) is 6.61 Å². The number of hydrogen-bond acceptors (Lipinski definition) is 4. The first-order chi connectivity index (χ1) is 7.33. The number of ether oxygens (including phenoxy) is 1. The van der Waals surface area contributed by atoms with Gasteiger partial charge in [-0.15, -0.1) is 0 Å². The zero-order chi connectivity index (χ0) is 10.9. The lowest BCUT2D eigenvalue weighted by molar-refractivity contribution is 0.0325. The van der Waals surface area contributed by atoms with Gasteiger partial charge in [-0.1, -0.05) is 13.3 Å².